The number of hydrogen-bond donors (Lipinski definition) is 0. The summed E-state index contributed by atoms with van der Waals surface area (Å²) in [5.41, 5.74) is 7.53. The van der Waals surface area contributed by atoms with Crippen LogP contribution in [0.2, 0.25) is 0 Å². The van der Waals surface area contributed by atoms with Gasteiger partial charge in [-0.25, -0.2) is 0 Å². The third kappa shape index (κ3) is 1.49. The molecule has 0 atom stereocenters. The maximum Gasteiger partial charge on any atom is 0.136 e. The highest BCUT2D eigenvalue weighted by atomic mass is 16.3. The Balaban J connectivity index is 1.80. The Morgan fingerprint density at radius 1 is 0.625 bits per heavy atom. The van der Waals surface area contributed by atoms with Crippen molar-refractivity contribution in [1.82, 2.24) is 0 Å². The zero-order chi connectivity index (χ0) is 15.7. The third-order valence-corrected chi connectivity index (χ3v) is 5.27. The average molecular weight is 306 g/mol. The van der Waals surface area contributed by atoms with E-state index >= 15 is 0 Å². The topological polar surface area (TPSA) is 13.1 Å². The molecule has 0 saturated carbocycles. The van der Waals surface area contributed by atoms with Crippen LogP contribution in [0.1, 0.15) is 11.1 Å². The molecular formula is C23H14O. The Bertz CT molecular complexity index is 1270. The first-order chi connectivity index (χ1) is 11.9. The SMILES string of the molecule is c1ccc2c(c1)Cc1cc3ccc4oc5ccccc5c4c3cc1-2. The van der Waals surface area contributed by atoms with Gasteiger partial charge in [-0.2, -0.15) is 0 Å². The number of fused-ring (bicyclic) bond motifs is 8. The fraction of sp³-hybridized carbons (Fsp3) is 0.0435. The van der Waals surface area contributed by atoms with Crippen molar-refractivity contribution in [3.05, 3.63) is 83.9 Å². The predicted molar refractivity (Wildman–Crippen MR) is 99.5 cm³/mol. The second-order valence-electron chi connectivity index (χ2n) is 6.60. The van der Waals surface area contributed by atoms with E-state index < -0.39 is 0 Å². The van der Waals surface area contributed by atoms with Crippen LogP contribution < -0.4 is 0 Å². The molecule has 0 bridgehead atoms. The summed E-state index contributed by atoms with van der Waals surface area (Å²) in [4.78, 5) is 0. The molecule has 4 aromatic carbocycles. The van der Waals surface area contributed by atoms with Gasteiger partial charge in [-0.1, -0.05) is 54.6 Å². The molecule has 0 radical (unpaired) electrons. The van der Waals surface area contributed by atoms with E-state index in [1.165, 1.54) is 43.8 Å². The van der Waals surface area contributed by atoms with Gasteiger partial charge in [-0.15, -0.1) is 0 Å². The minimum Gasteiger partial charge on any atom is -0.456 e. The van der Waals surface area contributed by atoms with Crippen LogP contribution in [0.5, 0.6) is 0 Å². The van der Waals surface area contributed by atoms with Gasteiger partial charge in [0, 0.05) is 10.8 Å². The fourth-order valence-electron chi connectivity index (χ4n) is 4.18. The molecule has 24 heavy (non-hydrogen) atoms. The van der Waals surface area contributed by atoms with Crippen LogP contribution in [0, 0.1) is 0 Å². The summed E-state index contributed by atoms with van der Waals surface area (Å²) in [5.74, 6) is 0. The van der Waals surface area contributed by atoms with E-state index in [0.717, 1.165) is 17.6 Å². The molecule has 0 unspecified atom stereocenters. The van der Waals surface area contributed by atoms with Crippen molar-refractivity contribution in [1.29, 1.82) is 0 Å². The van der Waals surface area contributed by atoms with Gasteiger partial charge in [0.2, 0.25) is 0 Å². The lowest BCUT2D eigenvalue weighted by atomic mass is 9.97. The molecule has 1 aliphatic rings. The van der Waals surface area contributed by atoms with Crippen LogP contribution in [0.25, 0.3) is 43.8 Å². The first-order valence-electron chi connectivity index (χ1n) is 8.34. The Morgan fingerprint density at radius 2 is 1.50 bits per heavy atom. The van der Waals surface area contributed by atoms with E-state index in [0.29, 0.717) is 0 Å². The maximum absolute atomic E-state index is 6.05. The molecule has 0 aliphatic heterocycles. The van der Waals surface area contributed by atoms with E-state index in [9.17, 15) is 0 Å². The standard InChI is InChI=1S/C23H14O/c1-2-6-17-14(5-1)11-16-12-15-9-10-22-23(20(15)13-19(16)17)18-7-3-4-8-21(18)24-22/h1-10,12-13H,11H2. The average Bonchev–Trinajstić information content (AvgIpc) is 3.17. The fourth-order valence-corrected chi connectivity index (χ4v) is 4.18. The second-order valence-corrected chi connectivity index (χ2v) is 6.60. The molecule has 1 nitrogen and oxygen atoms in total. The summed E-state index contributed by atoms with van der Waals surface area (Å²) in [5, 5.41) is 5.01. The van der Waals surface area contributed by atoms with Crippen molar-refractivity contribution >= 4 is 32.7 Å². The molecule has 0 saturated heterocycles. The molecule has 0 spiro atoms. The van der Waals surface area contributed by atoms with Crippen molar-refractivity contribution in [2.24, 2.45) is 0 Å². The largest absolute Gasteiger partial charge is 0.456 e. The lowest BCUT2D eigenvalue weighted by Crippen LogP contribution is -1.82. The smallest absolute Gasteiger partial charge is 0.136 e. The van der Waals surface area contributed by atoms with Crippen molar-refractivity contribution in [3.63, 3.8) is 0 Å². The Morgan fingerprint density at radius 3 is 2.50 bits per heavy atom. The van der Waals surface area contributed by atoms with Crippen LogP contribution >= 0.6 is 0 Å². The van der Waals surface area contributed by atoms with Crippen LogP contribution in [-0.2, 0) is 6.42 Å². The van der Waals surface area contributed by atoms with E-state index in [1.807, 2.05) is 12.1 Å². The van der Waals surface area contributed by atoms with E-state index in [1.54, 1.807) is 0 Å². The summed E-state index contributed by atoms with van der Waals surface area (Å²) < 4.78 is 6.05. The van der Waals surface area contributed by atoms with Gasteiger partial charge in [0.05, 0.1) is 0 Å². The lowest BCUT2D eigenvalue weighted by molar-refractivity contribution is 0.669. The first-order valence-corrected chi connectivity index (χ1v) is 8.34. The van der Waals surface area contributed by atoms with Gasteiger partial charge in [-0.05, 0) is 57.6 Å². The quantitative estimate of drug-likeness (QED) is 0.320. The molecule has 1 aromatic heterocycles. The summed E-state index contributed by atoms with van der Waals surface area (Å²) in [6.07, 6.45) is 1.03. The number of hydrogen-bond acceptors (Lipinski definition) is 1. The van der Waals surface area contributed by atoms with Crippen LogP contribution in [-0.4, -0.2) is 0 Å². The molecular weight excluding hydrogens is 292 g/mol. The Hall–Kier alpha value is -3.06. The van der Waals surface area contributed by atoms with Crippen LogP contribution in [0.3, 0.4) is 0 Å². The molecule has 1 aliphatic carbocycles. The summed E-state index contributed by atoms with van der Waals surface area (Å²) in [7, 11) is 0. The van der Waals surface area contributed by atoms with Crippen molar-refractivity contribution < 1.29 is 4.42 Å². The zero-order valence-electron chi connectivity index (χ0n) is 13.0. The molecule has 6 rings (SSSR count). The highest BCUT2D eigenvalue weighted by Crippen LogP contribution is 2.42. The van der Waals surface area contributed by atoms with E-state index in [2.05, 4.69) is 60.7 Å². The molecule has 0 fully saturated rings. The van der Waals surface area contributed by atoms with E-state index in [-0.39, 0.29) is 0 Å². The van der Waals surface area contributed by atoms with Crippen LogP contribution in [0.15, 0.2) is 77.2 Å². The number of furan rings is 1. The van der Waals surface area contributed by atoms with E-state index in [4.69, 9.17) is 4.42 Å². The predicted octanol–water partition coefficient (Wildman–Crippen LogP) is 6.31. The number of benzene rings is 4. The monoisotopic (exact) mass is 306 g/mol. The second kappa shape index (κ2) is 4.27. The van der Waals surface area contributed by atoms with Crippen molar-refractivity contribution in [2.45, 2.75) is 6.42 Å². The number of para-hydroxylation sites is 1. The Kier molecular flexibility index (Phi) is 2.20. The van der Waals surface area contributed by atoms with Gasteiger partial charge >= 0.3 is 0 Å². The Labute approximate surface area is 139 Å². The molecule has 1 heteroatoms. The third-order valence-electron chi connectivity index (χ3n) is 5.27. The molecule has 5 aromatic rings. The van der Waals surface area contributed by atoms with Gasteiger partial charge < -0.3 is 4.42 Å². The van der Waals surface area contributed by atoms with Gasteiger partial charge in [0.15, 0.2) is 0 Å². The van der Waals surface area contributed by atoms with Gasteiger partial charge in [-0.3, -0.25) is 0 Å². The molecule has 0 amide bonds. The lowest BCUT2D eigenvalue weighted by Gasteiger charge is -2.06. The molecule has 0 N–H and O–H groups in total. The minimum atomic E-state index is 0.959. The van der Waals surface area contributed by atoms with Crippen molar-refractivity contribution in [3.8, 4) is 11.1 Å². The van der Waals surface area contributed by atoms with Crippen molar-refractivity contribution in [2.75, 3.05) is 0 Å². The van der Waals surface area contributed by atoms with Crippen LogP contribution in [0.4, 0.5) is 0 Å². The summed E-state index contributed by atoms with van der Waals surface area (Å²) >= 11 is 0. The highest BCUT2D eigenvalue weighted by Gasteiger charge is 2.20. The maximum atomic E-state index is 6.05. The highest BCUT2D eigenvalue weighted by molar-refractivity contribution is 6.19. The normalized spacial score (nSPS) is 12.8. The molecule has 112 valence electrons. The summed E-state index contributed by atoms with van der Waals surface area (Å²) in [6.45, 7) is 0. The minimum absolute atomic E-state index is 0.959. The van der Waals surface area contributed by atoms with Gasteiger partial charge in [0.1, 0.15) is 11.2 Å². The summed E-state index contributed by atoms with van der Waals surface area (Å²) in [6, 6.07) is 26.1. The zero-order valence-corrected chi connectivity index (χ0v) is 13.0. The molecule has 1 heterocycles. The number of rotatable bonds is 0. The first kappa shape index (κ1) is 12.4. The van der Waals surface area contributed by atoms with Gasteiger partial charge in [0.25, 0.3) is 0 Å².